The van der Waals surface area contributed by atoms with Crippen LogP contribution in [0.15, 0.2) is 59.5 Å². The number of hydrogen-bond acceptors (Lipinski definition) is 1. The van der Waals surface area contributed by atoms with Gasteiger partial charge in [0.25, 0.3) is 0 Å². The van der Waals surface area contributed by atoms with Gasteiger partial charge >= 0.3 is 0 Å². The van der Waals surface area contributed by atoms with Crippen LogP contribution in [0.2, 0.25) is 0 Å². The van der Waals surface area contributed by atoms with Crippen molar-refractivity contribution >= 4 is 16.7 Å². The second kappa shape index (κ2) is 14.4. The Morgan fingerprint density at radius 2 is 1.28 bits per heavy atom. The van der Waals surface area contributed by atoms with Crippen LogP contribution in [0.5, 0.6) is 0 Å². The Labute approximate surface area is 181 Å². The van der Waals surface area contributed by atoms with Crippen molar-refractivity contribution in [3.05, 3.63) is 65.7 Å². The van der Waals surface area contributed by atoms with Crippen LogP contribution in [-0.4, -0.2) is 17.8 Å². The molecule has 0 amide bonds. The summed E-state index contributed by atoms with van der Waals surface area (Å²) in [4.78, 5) is 13.7. The molecule has 0 aromatic heterocycles. The number of hydrogen-bond donors (Lipinski definition) is 0. The number of ketones is 1. The van der Waals surface area contributed by atoms with Crippen LogP contribution in [0.4, 0.5) is 0 Å². The fourth-order valence-electron chi connectivity index (χ4n) is 3.69. The third-order valence-electron chi connectivity index (χ3n) is 5.59. The van der Waals surface area contributed by atoms with Gasteiger partial charge in [-0.3, -0.25) is 4.79 Å². The lowest BCUT2D eigenvalue weighted by atomic mass is 10.0. The molecule has 0 aliphatic heterocycles. The molecule has 1 nitrogen and oxygen atoms in total. The highest BCUT2D eigenvalue weighted by molar-refractivity contribution is 7.96. The fourth-order valence-corrected chi connectivity index (χ4v) is 5.02. The number of unbranched alkanes of at least 4 members (excludes halogenated alkanes) is 9. The fraction of sp³-hybridized carbons (Fsp3) is 0.519. The van der Waals surface area contributed by atoms with E-state index in [9.17, 15) is 4.79 Å². The van der Waals surface area contributed by atoms with Gasteiger partial charge in [0.05, 0.1) is 0 Å². The van der Waals surface area contributed by atoms with Gasteiger partial charge in [0.15, 0.2) is 10.6 Å². The number of aryl methyl sites for hydroxylation is 1. The zero-order chi connectivity index (χ0) is 20.7. The van der Waals surface area contributed by atoms with Crippen LogP contribution in [-0.2, 0) is 17.3 Å². The molecule has 0 bridgehead atoms. The van der Waals surface area contributed by atoms with Gasteiger partial charge in [-0.25, -0.2) is 0 Å². The number of carbonyl (C=O) groups excluding carboxylic acids is 1. The van der Waals surface area contributed by atoms with Crippen molar-refractivity contribution in [2.75, 3.05) is 12.0 Å². The van der Waals surface area contributed by atoms with E-state index in [1.807, 2.05) is 30.3 Å². The molecule has 0 fully saturated rings. The summed E-state index contributed by atoms with van der Waals surface area (Å²) in [5.74, 6) is 0.841. The highest BCUT2D eigenvalue weighted by Crippen LogP contribution is 2.17. The average Bonchev–Trinajstić information content (AvgIpc) is 2.76. The molecule has 2 rings (SSSR count). The maximum Gasteiger partial charge on any atom is 0.212 e. The van der Waals surface area contributed by atoms with E-state index in [2.05, 4.69) is 37.4 Å². The lowest BCUT2D eigenvalue weighted by Gasteiger charge is -2.06. The Kier molecular flexibility index (Phi) is 11.8. The van der Waals surface area contributed by atoms with Gasteiger partial charge in [0.2, 0.25) is 5.78 Å². The first kappa shape index (κ1) is 23.7. The van der Waals surface area contributed by atoms with E-state index in [0.717, 1.165) is 5.56 Å². The predicted octanol–water partition coefficient (Wildman–Crippen LogP) is 7.64. The van der Waals surface area contributed by atoms with Crippen molar-refractivity contribution in [3.8, 4) is 0 Å². The van der Waals surface area contributed by atoms with Crippen LogP contribution in [0.3, 0.4) is 0 Å². The topological polar surface area (TPSA) is 17.1 Å². The average molecular weight is 412 g/mol. The molecule has 0 radical (unpaired) electrons. The first-order chi connectivity index (χ1) is 14.2. The molecule has 0 N–H and O–H groups in total. The zero-order valence-corrected chi connectivity index (χ0v) is 19.3. The van der Waals surface area contributed by atoms with Gasteiger partial charge in [-0.1, -0.05) is 107 Å². The lowest BCUT2D eigenvalue weighted by molar-refractivity contribution is 0.102. The van der Waals surface area contributed by atoms with Crippen molar-refractivity contribution in [2.24, 2.45) is 0 Å². The van der Waals surface area contributed by atoms with Gasteiger partial charge in [0.1, 0.15) is 6.26 Å². The van der Waals surface area contributed by atoms with Crippen LogP contribution in [0.1, 0.15) is 87.1 Å². The third kappa shape index (κ3) is 9.67. The predicted molar refractivity (Wildman–Crippen MR) is 129 cm³/mol. The van der Waals surface area contributed by atoms with E-state index in [1.165, 1.54) is 81.1 Å². The molecule has 2 aromatic rings. The molecule has 0 heterocycles. The first-order valence-electron chi connectivity index (χ1n) is 11.5. The summed E-state index contributed by atoms with van der Waals surface area (Å²) in [6, 6.07) is 18.6. The zero-order valence-electron chi connectivity index (χ0n) is 18.5. The summed E-state index contributed by atoms with van der Waals surface area (Å²) < 4.78 is 0. The number of benzene rings is 2. The minimum atomic E-state index is -0.0364. The van der Waals surface area contributed by atoms with E-state index in [1.54, 1.807) is 0 Å². The minimum absolute atomic E-state index is 0.0364. The van der Waals surface area contributed by atoms with Crippen LogP contribution < -0.4 is 0 Å². The summed E-state index contributed by atoms with van der Waals surface area (Å²) in [6.07, 6.45) is 17.2. The summed E-state index contributed by atoms with van der Waals surface area (Å²) >= 11 is 0. The molecule has 1 unspecified atom stereocenters. The molecule has 0 saturated heterocycles. The molecule has 158 valence electrons. The van der Waals surface area contributed by atoms with Crippen LogP contribution in [0.25, 0.3) is 0 Å². The molecule has 1 atom stereocenters. The van der Waals surface area contributed by atoms with Gasteiger partial charge in [0, 0.05) is 16.5 Å². The highest BCUT2D eigenvalue weighted by atomic mass is 32.2. The summed E-state index contributed by atoms with van der Waals surface area (Å²) in [5.41, 5.74) is 2.25. The van der Waals surface area contributed by atoms with Gasteiger partial charge in [-0.2, -0.15) is 0 Å². The Bertz CT molecular complexity index is 677. The van der Waals surface area contributed by atoms with Crippen molar-refractivity contribution < 1.29 is 4.79 Å². The van der Waals surface area contributed by atoms with Crippen LogP contribution >= 0.6 is 0 Å². The van der Waals surface area contributed by atoms with Gasteiger partial charge in [-0.15, -0.1) is 0 Å². The normalized spacial score (nSPS) is 12.1. The molecular weight excluding hydrogens is 372 g/mol. The van der Waals surface area contributed by atoms with Gasteiger partial charge in [-0.05, 0) is 30.5 Å². The SMILES string of the molecule is CCCCCCCCCCCCc1ccc([S+](C)CC(=O)c2ccccc2)cc1. The quantitative estimate of drug-likeness (QED) is 0.167. The maximum absolute atomic E-state index is 12.4. The lowest BCUT2D eigenvalue weighted by Crippen LogP contribution is -2.15. The minimum Gasteiger partial charge on any atom is -0.289 e. The maximum atomic E-state index is 12.4. The molecule has 2 aromatic carbocycles. The Hall–Kier alpha value is -1.54. The third-order valence-corrected chi connectivity index (χ3v) is 7.36. The Balaban J connectivity index is 1.61. The van der Waals surface area contributed by atoms with E-state index in [-0.39, 0.29) is 16.7 Å². The van der Waals surface area contributed by atoms with Gasteiger partial charge < -0.3 is 0 Å². The summed E-state index contributed by atoms with van der Waals surface area (Å²) in [5, 5.41) is 0. The second-order valence-electron chi connectivity index (χ2n) is 8.15. The molecule has 29 heavy (non-hydrogen) atoms. The first-order valence-corrected chi connectivity index (χ1v) is 13.3. The van der Waals surface area contributed by atoms with E-state index < -0.39 is 0 Å². The summed E-state index contributed by atoms with van der Waals surface area (Å²) in [6.45, 7) is 2.28. The van der Waals surface area contributed by atoms with E-state index in [4.69, 9.17) is 0 Å². The molecular formula is C27H39OS+. The molecule has 2 heteroatoms. The van der Waals surface area contributed by atoms with Crippen LogP contribution in [0, 0.1) is 0 Å². The Morgan fingerprint density at radius 3 is 1.86 bits per heavy atom. The van der Waals surface area contributed by atoms with Crippen molar-refractivity contribution in [1.82, 2.24) is 0 Å². The monoisotopic (exact) mass is 411 g/mol. The van der Waals surface area contributed by atoms with E-state index >= 15 is 0 Å². The molecule has 0 aliphatic carbocycles. The van der Waals surface area contributed by atoms with Crippen molar-refractivity contribution in [1.29, 1.82) is 0 Å². The molecule has 0 saturated carbocycles. The smallest absolute Gasteiger partial charge is 0.212 e. The number of carbonyl (C=O) groups is 1. The standard InChI is InChI=1S/C27H39OS/c1-3-4-5-6-7-8-9-10-11-13-16-24-19-21-26(22-20-24)29(2)23-27(28)25-17-14-12-15-18-25/h12,14-15,17-22H,3-11,13,16,23H2,1-2H3/q+1. The summed E-state index contributed by atoms with van der Waals surface area (Å²) in [7, 11) is -0.0364. The van der Waals surface area contributed by atoms with Crippen molar-refractivity contribution in [2.45, 2.75) is 82.4 Å². The van der Waals surface area contributed by atoms with Crippen molar-refractivity contribution in [3.63, 3.8) is 0 Å². The largest absolute Gasteiger partial charge is 0.289 e. The highest BCUT2D eigenvalue weighted by Gasteiger charge is 2.21. The number of Topliss-reactive ketones (excluding diaryl/α,β-unsaturated/α-hetero) is 1. The molecule has 0 spiro atoms. The van der Waals surface area contributed by atoms with E-state index in [0.29, 0.717) is 5.75 Å². The second-order valence-corrected chi connectivity index (χ2v) is 10.2. The number of rotatable bonds is 15. The Morgan fingerprint density at radius 1 is 0.724 bits per heavy atom. The molecule has 0 aliphatic rings.